The smallest absolute Gasteiger partial charge is 0.229 e. The molecule has 8 heteroatoms. The lowest BCUT2D eigenvalue weighted by molar-refractivity contribution is 0.576. The minimum absolute atomic E-state index is 0.401. The Morgan fingerprint density at radius 2 is 1.80 bits per heavy atom. The van der Waals surface area contributed by atoms with Crippen LogP contribution < -0.4 is 5.32 Å². The van der Waals surface area contributed by atoms with Crippen molar-refractivity contribution >= 4 is 28.9 Å². The lowest BCUT2D eigenvalue weighted by Gasteiger charge is -2.15. The first kappa shape index (κ1) is 21.6. The van der Waals surface area contributed by atoms with E-state index in [1.807, 2.05) is 48.7 Å². The predicted octanol–water partition coefficient (Wildman–Crippen LogP) is 5.84. The standard InChI is InChI=1S/C27H19N7O/c1-17-13-20(5-3-11-28)14-18(2)24(17)34-25-22(32-26(34)23-6-4-12-35-23)16-30-27(33-25)31-21-9-7-19(15-29)8-10-21/h3-10,12-14,16H,1-2H3,(H,30,31,33)/b5-3+. The second-order valence-corrected chi connectivity index (χ2v) is 7.93. The van der Waals surface area contributed by atoms with Crippen LogP contribution in [0.5, 0.6) is 0 Å². The number of fused-ring (bicyclic) bond motifs is 1. The van der Waals surface area contributed by atoms with Crippen LogP contribution in [0.15, 0.2) is 71.5 Å². The number of nitrogens with zero attached hydrogens (tertiary/aromatic N) is 6. The number of aryl methyl sites for hydroxylation is 2. The van der Waals surface area contributed by atoms with Crippen LogP contribution in [-0.4, -0.2) is 19.5 Å². The van der Waals surface area contributed by atoms with Gasteiger partial charge in [0.15, 0.2) is 17.2 Å². The summed E-state index contributed by atoms with van der Waals surface area (Å²) in [4.78, 5) is 14.0. The molecule has 0 saturated carbocycles. The van der Waals surface area contributed by atoms with E-state index in [-0.39, 0.29) is 0 Å². The number of benzene rings is 2. The summed E-state index contributed by atoms with van der Waals surface area (Å²) in [7, 11) is 0. The van der Waals surface area contributed by atoms with Gasteiger partial charge in [0, 0.05) is 11.8 Å². The number of nitrogens with one attached hydrogen (secondary N) is 1. The van der Waals surface area contributed by atoms with Crippen LogP contribution in [0.1, 0.15) is 22.3 Å². The molecule has 8 nitrogen and oxygen atoms in total. The van der Waals surface area contributed by atoms with Crippen molar-refractivity contribution in [3.05, 3.63) is 89.3 Å². The third-order valence-corrected chi connectivity index (χ3v) is 5.50. The Bertz CT molecular complexity index is 1620. The van der Waals surface area contributed by atoms with E-state index >= 15 is 0 Å². The first-order valence-electron chi connectivity index (χ1n) is 10.8. The molecular weight excluding hydrogens is 438 g/mol. The molecule has 5 aromatic rings. The fourth-order valence-electron chi connectivity index (χ4n) is 4.05. The van der Waals surface area contributed by atoms with Gasteiger partial charge >= 0.3 is 0 Å². The summed E-state index contributed by atoms with van der Waals surface area (Å²) in [6.07, 6.45) is 6.53. The van der Waals surface area contributed by atoms with Crippen molar-refractivity contribution in [2.45, 2.75) is 13.8 Å². The van der Waals surface area contributed by atoms with Crippen LogP contribution in [0.2, 0.25) is 0 Å². The van der Waals surface area contributed by atoms with Gasteiger partial charge in [-0.25, -0.2) is 9.97 Å². The quantitative estimate of drug-likeness (QED) is 0.329. The molecule has 3 heterocycles. The number of hydrogen-bond donors (Lipinski definition) is 1. The zero-order valence-corrected chi connectivity index (χ0v) is 19.0. The van der Waals surface area contributed by atoms with Crippen LogP contribution in [0.25, 0.3) is 34.5 Å². The van der Waals surface area contributed by atoms with Gasteiger partial charge in [0.1, 0.15) is 5.52 Å². The van der Waals surface area contributed by atoms with E-state index in [2.05, 4.69) is 16.4 Å². The van der Waals surface area contributed by atoms with E-state index in [0.29, 0.717) is 34.3 Å². The van der Waals surface area contributed by atoms with Gasteiger partial charge in [-0.05, 0) is 85.1 Å². The molecule has 2 aromatic carbocycles. The molecule has 168 valence electrons. The molecule has 5 rings (SSSR count). The number of rotatable bonds is 5. The van der Waals surface area contributed by atoms with Crippen molar-refractivity contribution in [1.29, 1.82) is 10.5 Å². The van der Waals surface area contributed by atoms with Crippen molar-refractivity contribution in [2.24, 2.45) is 0 Å². The van der Waals surface area contributed by atoms with Gasteiger partial charge in [-0.3, -0.25) is 4.57 Å². The van der Waals surface area contributed by atoms with Crippen molar-refractivity contribution in [2.75, 3.05) is 5.32 Å². The third-order valence-electron chi connectivity index (χ3n) is 5.50. The molecule has 0 unspecified atom stereocenters. The molecule has 0 aliphatic rings. The zero-order chi connectivity index (χ0) is 24.4. The van der Waals surface area contributed by atoms with Crippen LogP contribution in [-0.2, 0) is 0 Å². The van der Waals surface area contributed by atoms with Gasteiger partial charge in [-0.15, -0.1) is 0 Å². The largest absolute Gasteiger partial charge is 0.461 e. The fourth-order valence-corrected chi connectivity index (χ4v) is 4.05. The summed E-state index contributed by atoms with van der Waals surface area (Å²) in [5.41, 5.74) is 6.43. The maximum Gasteiger partial charge on any atom is 0.229 e. The average Bonchev–Trinajstić information content (AvgIpc) is 3.51. The van der Waals surface area contributed by atoms with Crippen molar-refractivity contribution < 1.29 is 4.42 Å². The number of anilines is 2. The molecule has 0 aliphatic carbocycles. The van der Waals surface area contributed by atoms with Crippen LogP contribution >= 0.6 is 0 Å². The average molecular weight is 457 g/mol. The van der Waals surface area contributed by atoms with Gasteiger partial charge in [-0.2, -0.15) is 15.5 Å². The van der Waals surface area contributed by atoms with Crippen molar-refractivity contribution in [3.63, 3.8) is 0 Å². The lowest BCUT2D eigenvalue weighted by atomic mass is 10.0. The molecule has 0 bridgehead atoms. The highest BCUT2D eigenvalue weighted by atomic mass is 16.3. The molecule has 0 atom stereocenters. The molecule has 0 spiro atoms. The molecule has 1 N–H and O–H groups in total. The fraction of sp³-hybridized carbons (Fsp3) is 0.0741. The number of hydrogen-bond acceptors (Lipinski definition) is 7. The molecule has 0 fully saturated rings. The SMILES string of the molecule is Cc1cc(/C=C/C#N)cc(C)c1-n1c(-c2ccco2)nc2cnc(Nc3ccc(C#N)cc3)nc21. The zero-order valence-electron chi connectivity index (χ0n) is 19.0. The summed E-state index contributed by atoms with van der Waals surface area (Å²) in [6, 6.07) is 18.9. The Labute approximate surface area is 201 Å². The minimum atomic E-state index is 0.401. The highest BCUT2D eigenvalue weighted by Gasteiger charge is 2.21. The Morgan fingerprint density at radius 3 is 2.46 bits per heavy atom. The topological polar surface area (TPSA) is 116 Å². The summed E-state index contributed by atoms with van der Waals surface area (Å²) >= 11 is 0. The maximum absolute atomic E-state index is 9.03. The number of nitriles is 2. The predicted molar refractivity (Wildman–Crippen MR) is 133 cm³/mol. The first-order chi connectivity index (χ1) is 17.1. The molecule has 0 radical (unpaired) electrons. The van der Waals surface area contributed by atoms with E-state index in [1.54, 1.807) is 42.8 Å². The molecular formula is C27H19N7O. The van der Waals surface area contributed by atoms with E-state index in [9.17, 15) is 0 Å². The molecule has 0 saturated heterocycles. The summed E-state index contributed by atoms with van der Waals surface area (Å²) in [5, 5.41) is 21.1. The molecule has 0 amide bonds. The monoisotopic (exact) mass is 457 g/mol. The number of furan rings is 1. The van der Waals surface area contributed by atoms with Crippen LogP contribution in [0, 0.1) is 36.5 Å². The normalized spacial score (nSPS) is 11.0. The lowest BCUT2D eigenvalue weighted by Crippen LogP contribution is -2.05. The van der Waals surface area contributed by atoms with E-state index in [0.717, 1.165) is 28.1 Å². The maximum atomic E-state index is 9.03. The second kappa shape index (κ2) is 8.97. The van der Waals surface area contributed by atoms with E-state index in [4.69, 9.17) is 24.9 Å². The third kappa shape index (κ3) is 4.12. The second-order valence-electron chi connectivity index (χ2n) is 7.93. The van der Waals surface area contributed by atoms with Gasteiger partial charge in [0.05, 0.1) is 35.8 Å². The summed E-state index contributed by atoms with van der Waals surface area (Å²) < 4.78 is 7.67. The highest BCUT2D eigenvalue weighted by molar-refractivity contribution is 5.81. The Kier molecular flexibility index (Phi) is 5.54. The Balaban J connectivity index is 1.68. The molecule has 0 aliphatic heterocycles. The molecule has 3 aromatic heterocycles. The van der Waals surface area contributed by atoms with Crippen molar-refractivity contribution in [3.8, 4) is 29.4 Å². The Hall–Kier alpha value is -5.21. The van der Waals surface area contributed by atoms with Gasteiger partial charge in [0.25, 0.3) is 0 Å². The highest BCUT2D eigenvalue weighted by Crippen LogP contribution is 2.32. The number of imidazole rings is 1. The van der Waals surface area contributed by atoms with Crippen LogP contribution in [0.3, 0.4) is 0 Å². The summed E-state index contributed by atoms with van der Waals surface area (Å²) in [5.74, 6) is 1.62. The summed E-state index contributed by atoms with van der Waals surface area (Å²) in [6.45, 7) is 4.03. The molecule has 35 heavy (non-hydrogen) atoms. The van der Waals surface area contributed by atoms with Gasteiger partial charge in [-0.1, -0.05) is 0 Å². The first-order valence-corrected chi connectivity index (χ1v) is 10.8. The van der Waals surface area contributed by atoms with E-state index in [1.165, 1.54) is 6.08 Å². The van der Waals surface area contributed by atoms with Crippen molar-refractivity contribution in [1.82, 2.24) is 19.5 Å². The number of allylic oxidation sites excluding steroid dienone is 1. The van der Waals surface area contributed by atoms with Gasteiger partial charge < -0.3 is 9.73 Å². The van der Waals surface area contributed by atoms with Crippen LogP contribution in [0.4, 0.5) is 11.6 Å². The number of aromatic nitrogens is 4. The van der Waals surface area contributed by atoms with Gasteiger partial charge in [0.2, 0.25) is 5.95 Å². The van der Waals surface area contributed by atoms with E-state index < -0.39 is 0 Å². The Morgan fingerprint density at radius 1 is 1.03 bits per heavy atom. The minimum Gasteiger partial charge on any atom is -0.461 e.